The van der Waals surface area contributed by atoms with Crippen molar-refractivity contribution in [3.63, 3.8) is 0 Å². The SMILES string of the molecule is CCOc1ccc(Br)c(-c2cscn2)c1. The summed E-state index contributed by atoms with van der Waals surface area (Å²) < 4.78 is 6.49. The Hall–Kier alpha value is -0.870. The Morgan fingerprint density at radius 2 is 2.33 bits per heavy atom. The summed E-state index contributed by atoms with van der Waals surface area (Å²) in [6, 6.07) is 5.94. The summed E-state index contributed by atoms with van der Waals surface area (Å²) in [6.45, 7) is 2.66. The average Bonchev–Trinajstić information content (AvgIpc) is 2.74. The van der Waals surface area contributed by atoms with Gasteiger partial charge in [-0.3, -0.25) is 0 Å². The van der Waals surface area contributed by atoms with Crippen molar-refractivity contribution < 1.29 is 4.74 Å². The molecule has 78 valence electrons. The second-order valence-corrected chi connectivity index (χ2v) is 4.52. The summed E-state index contributed by atoms with van der Waals surface area (Å²) in [5.74, 6) is 0.878. The Bertz CT molecular complexity index is 442. The van der Waals surface area contributed by atoms with Crippen LogP contribution in [-0.4, -0.2) is 11.6 Å². The van der Waals surface area contributed by atoms with Crippen LogP contribution in [-0.2, 0) is 0 Å². The lowest BCUT2D eigenvalue weighted by Gasteiger charge is -2.06. The first-order valence-electron chi connectivity index (χ1n) is 4.62. The molecule has 0 saturated carbocycles. The van der Waals surface area contributed by atoms with Crippen molar-refractivity contribution in [2.75, 3.05) is 6.61 Å². The molecule has 0 aliphatic rings. The van der Waals surface area contributed by atoms with Gasteiger partial charge in [0, 0.05) is 15.4 Å². The van der Waals surface area contributed by atoms with Gasteiger partial charge in [0.2, 0.25) is 0 Å². The molecule has 0 amide bonds. The standard InChI is InChI=1S/C11H10BrNOS/c1-2-14-8-3-4-10(12)9(5-8)11-6-15-7-13-11/h3-7H,2H2,1H3. The van der Waals surface area contributed by atoms with Gasteiger partial charge in [0.25, 0.3) is 0 Å². The first-order valence-corrected chi connectivity index (χ1v) is 6.35. The van der Waals surface area contributed by atoms with E-state index in [0.717, 1.165) is 21.5 Å². The molecule has 0 spiro atoms. The summed E-state index contributed by atoms with van der Waals surface area (Å²) in [4.78, 5) is 4.28. The highest BCUT2D eigenvalue weighted by Crippen LogP contribution is 2.31. The highest BCUT2D eigenvalue weighted by atomic mass is 79.9. The molecular weight excluding hydrogens is 274 g/mol. The van der Waals surface area contributed by atoms with Crippen LogP contribution >= 0.6 is 27.3 Å². The quantitative estimate of drug-likeness (QED) is 0.850. The Balaban J connectivity index is 2.41. The lowest BCUT2D eigenvalue weighted by atomic mass is 10.2. The van der Waals surface area contributed by atoms with E-state index in [-0.39, 0.29) is 0 Å². The molecule has 0 unspecified atom stereocenters. The molecule has 0 aliphatic carbocycles. The largest absolute Gasteiger partial charge is 0.494 e. The van der Waals surface area contributed by atoms with Gasteiger partial charge in [-0.15, -0.1) is 11.3 Å². The van der Waals surface area contributed by atoms with Crippen LogP contribution < -0.4 is 4.74 Å². The maximum atomic E-state index is 5.45. The minimum Gasteiger partial charge on any atom is -0.494 e. The molecule has 0 radical (unpaired) electrons. The summed E-state index contributed by atoms with van der Waals surface area (Å²) in [5.41, 5.74) is 3.88. The van der Waals surface area contributed by atoms with Crippen LogP contribution in [0, 0.1) is 0 Å². The Morgan fingerprint density at radius 1 is 1.47 bits per heavy atom. The molecule has 2 nitrogen and oxygen atoms in total. The number of aromatic nitrogens is 1. The minimum absolute atomic E-state index is 0.679. The van der Waals surface area contributed by atoms with Crippen LogP contribution in [0.1, 0.15) is 6.92 Å². The monoisotopic (exact) mass is 283 g/mol. The summed E-state index contributed by atoms with van der Waals surface area (Å²) >= 11 is 5.10. The van der Waals surface area contributed by atoms with Gasteiger partial charge in [-0.05, 0) is 25.1 Å². The van der Waals surface area contributed by atoms with E-state index >= 15 is 0 Å². The summed E-state index contributed by atoms with van der Waals surface area (Å²) in [5, 5.41) is 2.02. The molecule has 0 saturated heterocycles. The van der Waals surface area contributed by atoms with Crippen molar-refractivity contribution in [3.05, 3.63) is 33.6 Å². The molecule has 1 aromatic carbocycles. The number of hydrogen-bond acceptors (Lipinski definition) is 3. The second-order valence-electron chi connectivity index (χ2n) is 2.95. The fourth-order valence-corrected chi connectivity index (χ4v) is 2.30. The van der Waals surface area contributed by atoms with Gasteiger partial charge in [0.1, 0.15) is 5.75 Å². The topological polar surface area (TPSA) is 22.1 Å². The van der Waals surface area contributed by atoms with Crippen LogP contribution in [0.5, 0.6) is 5.75 Å². The van der Waals surface area contributed by atoms with Crippen LogP contribution in [0.3, 0.4) is 0 Å². The molecule has 1 aromatic heterocycles. The van der Waals surface area contributed by atoms with Crippen LogP contribution in [0.4, 0.5) is 0 Å². The Labute approximate surface area is 101 Å². The van der Waals surface area contributed by atoms with Crippen LogP contribution in [0.2, 0.25) is 0 Å². The fraction of sp³-hybridized carbons (Fsp3) is 0.182. The van der Waals surface area contributed by atoms with Crippen molar-refractivity contribution in [1.29, 1.82) is 0 Å². The zero-order valence-corrected chi connectivity index (χ0v) is 10.6. The molecule has 0 N–H and O–H groups in total. The Kier molecular flexibility index (Phi) is 3.38. The summed E-state index contributed by atoms with van der Waals surface area (Å²) in [7, 11) is 0. The number of nitrogens with zero attached hydrogens (tertiary/aromatic N) is 1. The summed E-state index contributed by atoms with van der Waals surface area (Å²) in [6.07, 6.45) is 0. The smallest absolute Gasteiger partial charge is 0.120 e. The van der Waals surface area contributed by atoms with E-state index in [1.165, 1.54) is 0 Å². The van der Waals surface area contributed by atoms with E-state index < -0.39 is 0 Å². The van der Waals surface area contributed by atoms with Gasteiger partial charge < -0.3 is 4.74 Å². The second kappa shape index (κ2) is 4.77. The van der Waals surface area contributed by atoms with Crippen molar-refractivity contribution in [2.24, 2.45) is 0 Å². The average molecular weight is 284 g/mol. The molecule has 1 heterocycles. The Morgan fingerprint density at radius 3 is 3.00 bits per heavy atom. The van der Waals surface area contributed by atoms with E-state index in [1.54, 1.807) is 11.3 Å². The third kappa shape index (κ3) is 2.38. The van der Waals surface area contributed by atoms with Gasteiger partial charge >= 0.3 is 0 Å². The highest BCUT2D eigenvalue weighted by Gasteiger charge is 2.06. The molecule has 0 atom stereocenters. The van der Waals surface area contributed by atoms with E-state index in [2.05, 4.69) is 20.9 Å². The van der Waals surface area contributed by atoms with E-state index in [1.807, 2.05) is 36.0 Å². The van der Waals surface area contributed by atoms with Crippen LogP contribution in [0.15, 0.2) is 33.6 Å². The molecule has 15 heavy (non-hydrogen) atoms. The van der Waals surface area contributed by atoms with Gasteiger partial charge in [-0.2, -0.15) is 0 Å². The zero-order valence-electron chi connectivity index (χ0n) is 8.24. The van der Waals surface area contributed by atoms with E-state index in [0.29, 0.717) is 6.61 Å². The van der Waals surface area contributed by atoms with E-state index in [4.69, 9.17) is 4.74 Å². The normalized spacial score (nSPS) is 10.3. The molecular formula is C11H10BrNOS. The number of benzene rings is 1. The number of rotatable bonds is 3. The minimum atomic E-state index is 0.679. The molecule has 0 bridgehead atoms. The molecule has 0 fully saturated rings. The lowest BCUT2D eigenvalue weighted by molar-refractivity contribution is 0.340. The number of hydrogen-bond donors (Lipinski definition) is 0. The van der Waals surface area contributed by atoms with Crippen molar-refractivity contribution in [1.82, 2.24) is 4.98 Å². The van der Waals surface area contributed by atoms with Gasteiger partial charge in [-0.1, -0.05) is 15.9 Å². The van der Waals surface area contributed by atoms with Gasteiger partial charge in [0.05, 0.1) is 17.8 Å². The number of ether oxygens (including phenoxy) is 1. The fourth-order valence-electron chi connectivity index (χ4n) is 1.30. The third-order valence-electron chi connectivity index (χ3n) is 1.96. The molecule has 0 aliphatic heterocycles. The van der Waals surface area contributed by atoms with Crippen molar-refractivity contribution in [2.45, 2.75) is 6.92 Å². The number of thiazole rings is 1. The molecule has 4 heteroatoms. The van der Waals surface area contributed by atoms with E-state index in [9.17, 15) is 0 Å². The maximum absolute atomic E-state index is 5.45. The van der Waals surface area contributed by atoms with Crippen molar-refractivity contribution in [3.8, 4) is 17.0 Å². The predicted molar refractivity (Wildman–Crippen MR) is 66.4 cm³/mol. The lowest BCUT2D eigenvalue weighted by Crippen LogP contribution is -1.91. The molecule has 2 aromatic rings. The maximum Gasteiger partial charge on any atom is 0.120 e. The van der Waals surface area contributed by atoms with Gasteiger partial charge in [-0.25, -0.2) is 4.98 Å². The first kappa shape index (κ1) is 10.6. The van der Waals surface area contributed by atoms with Gasteiger partial charge in [0.15, 0.2) is 0 Å². The van der Waals surface area contributed by atoms with Crippen molar-refractivity contribution >= 4 is 27.3 Å². The predicted octanol–water partition coefficient (Wildman–Crippen LogP) is 3.97. The highest BCUT2D eigenvalue weighted by molar-refractivity contribution is 9.10. The number of halogens is 1. The molecule has 2 rings (SSSR count). The third-order valence-corrected chi connectivity index (χ3v) is 3.24. The zero-order chi connectivity index (χ0) is 10.7. The van der Waals surface area contributed by atoms with Crippen LogP contribution in [0.25, 0.3) is 11.3 Å². The first-order chi connectivity index (χ1) is 7.31.